The van der Waals surface area contributed by atoms with Crippen LogP contribution in [0.15, 0.2) is 52.3 Å². The second-order valence-electron chi connectivity index (χ2n) is 4.48. The number of benzene rings is 2. The fourth-order valence-corrected chi connectivity index (χ4v) is 2.76. The predicted molar refractivity (Wildman–Crippen MR) is 84.3 cm³/mol. The van der Waals surface area contributed by atoms with Gasteiger partial charge in [0, 0.05) is 9.79 Å². The maximum absolute atomic E-state index is 11.7. The summed E-state index contributed by atoms with van der Waals surface area (Å²) in [7, 11) is 1.65. The highest BCUT2D eigenvalue weighted by atomic mass is 32.2. The van der Waals surface area contributed by atoms with Crippen molar-refractivity contribution in [3.05, 3.63) is 53.6 Å². The maximum Gasteiger partial charge on any atom is 0.338 e. The van der Waals surface area contributed by atoms with Crippen LogP contribution in [0.25, 0.3) is 0 Å². The quantitative estimate of drug-likeness (QED) is 0.770. The number of hydrogen-bond donors (Lipinski definition) is 0. The van der Waals surface area contributed by atoms with E-state index in [0.29, 0.717) is 12.2 Å². The van der Waals surface area contributed by atoms with Crippen molar-refractivity contribution in [3.63, 3.8) is 0 Å². The van der Waals surface area contributed by atoms with Crippen LogP contribution >= 0.6 is 11.8 Å². The van der Waals surface area contributed by atoms with Gasteiger partial charge in [-0.25, -0.2) is 4.79 Å². The van der Waals surface area contributed by atoms with E-state index in [0.717, 1.165) is 21.1 Å². The van der Waals surface area contributed by atoms with E-state index in [1.807, 2.05) is 43.3 Å². The van der Waals surface area contributed by atoms with Crippen LogP contribution in [0.2, 0.25) is 0 Å². The van der Waals surface area contributed by atoms with Gasteiger partial charge in [0.1, 0.15) is 5.75 Å². The average Bonchev–Trinajstić information content (AvgIpc) is 2.50. The zero-order valence-electron chi connectivity index (χ0n) is 12.4. The van der Waals surface area contributed by atoms with Gasteiger partial charge in [0.05, 0.1) is 19.3 Å². The molecule has 0 saturated carbocycles. The summed E-state index contributed by atoms with van der Waals surface area (Å²) in [6, 6.07) is 13.5. The molecule has 0 N–H and O–H groups in total. The standard InChI is InChI=1S/C17H18O3S/c1-4-20-17(18)13-5-10-16(12(2)11-13)21-15-8-6-14(19-3)7-9-15/h5-11H,4H2,1-3H3. The molecule has 3 nitrogen and oxygen atoms in total. The molecule has 0 aliphatic carbocycles. The molecular weight excluding hydrogens is 284 g/mol. The van der Waals surface area contributed by atoms with Gasteiger partial charge < -0.3 is 9.47 Å². The van der Waals surface area contributed by atoms with E-state index in [1.165, 1.54) is 0 Å². The molecule has 110 valence electrons. The highest BCUT2D eigenvalue weighted by molar-refractivity contribution is 7.99. The Kier molecular flexibility index (Phi) is 5.28. The Hall–Kier alpha value is -1.94. The van der Waals surface area contributed by atoms with Crippen LogP contribution in [0.5, 0.6) is 5.75 Å². The third kappa shape index (κ3) is 4.02. The normalized spacial score (nSPS) is 10.2. The second-order valence-corrected chi connectivity index (χ2v) is 5.59. The number of hydrogen-bond acceptors (Lipinski definition) is 4. The zero-order chi connectivity index (χ0) is 15.2. The van der Waals surface area contributed by atoms with E-state index in [9.17, 15) is 4.79 Å². The molecule has 0 bridgehead atoms. The molecule has 4 heteroatoms. The molecular formula is C17H18O3S. The Morgan fingerprint density at radius 1 is 1.14 bits per heavy atom. The molecule has 2 rings (SSSR count). The molecule has 21 heavy (non-hydrogen) atoms. The largest absolute Gasteiger partial charge is 0.497 e. The summed E-state index contributed by atoms with van der Waals surface area (Å²) in [4.78, 5) is 13.9. The lowest BCUT2D eigenvalue weighted by atomic mass is 10.1. The van der Waals surface area contributed by atoms with E-state index in [4.69, 9.17) is 9.47 Å². The second kappa shape index (κ2) is 7.18. The SMILES string of the molecule is CCOC(=O)c1ccc(Sc2ccc(OC)cc2)c(C)c1. The van der Waals surface area contributed by atoms with Crippen molar-refractivity contribution < 1.29 is 14.3 Å². The van der Waals surface area contributed by atoms with Gasteiger partial charge in [0.25, 0.3) is 0 Å². The molecule has 2 aromatic rings. The van der Waals surface area contributed by atoms with Crippen molar-refractivity contribution in [1.82, 2.24) is 0 Å². The monoisotopic (exact) mass is 302 g/mol. The Morgan fingerprint density at radius 3 is 2.43 bits per heavy atom. The minimum Gasteiger partial charge on any atom is -0.497 e. The molecule has 0 unspecified atom stereocenters. The molecule has 0 amide bonds. The number of rotatable bonds is 5. The van der Waals surface area contributed by atoms with E-state index in [2.05, 4.69) is 0 Å². The van der Waals surface area contributed by atoms with Crippen LogP contribution in [0.1, 0.15) is 22.8 Å². The summed E-state index contributed by atoms with van der Waals surface area (Å²) in [5.74, 6) is 0.565. The zero-order valence-corrected chi connectivity index (χ0v) is 13.2. The molecule has 0 aromatic heterocycles. The van der Waals surface area contributed by atoms with Gasteiger partial charge in [0.2, 0.25) is 0 Å². The minimum absolute atomic E-state index is 0.276. The predicted octanol–water partition coefficient (Wildman–Crippen LogP) is 4.33. The first-order chi connectivity index (χ1) is 10.1. The topological polar surface area (TPSA) is 35.5 Å². The molecule has 2 aromatic carbocycles. The number of esters is 1. The molecule has 0 spiro atoms. The lowest BCUT2D eigenvalue weighted by molar-refractivity contribution is 0.0526. The van der Waals surface area contributed by atoms with Crippen LogP contribution in [0.4, 0.5) is 0 Å². The first-order valence-corrected chi connectivity index (χ1v) is 7.55. The summed E-state index contributed by atoms with van der Waals surface area (Å²) in [6.45, 7) is 4.19. The summed E-state index contributed by atoms with van der Waals surface area (Å²) in [5.41, 5.74) is 1.65. The van der Waals surface area contributed by atoms with Crippen molar-refractivity contribution >= 4 is 17.7 Å². The minimum atomic E-state index is -0.276. The Balaban J connectivity index is 2.15. The number of methoxy groups -OCH3 is 1. The molecule has 0 aliphatic heterocycles. The van der Waals surface area contributed by atoms with Crippen LogP contribution in [0.3, 0.4) is 0 Å². The van der Waals surface area contributed by atoms with E-state index < -0.39 is 0 Å². The van der Waals surface area contributed by atoms with Crippen molar-refractivity contribution in [2.45, 2.75) is 23.6 Å². The Labute approximate surface area is 129 Å². The summed E-state index contributed by atoms with van der Waals surface area (Å²) >= 11 is 1.66. The average molecular weight is 302 g/mol. The molecule has 0 aliphatic rings. The molecule has 0 radical (unpaired) electrons. The number of aryl methyl sites for hydroxylation is 1. The van der Waals surface area contributed by atoms with Crippen molar-refractivity contribution in [2.75, 3.05) is 13.7 Å². The summed E-state index contributed by atoms with van der Waals surface area (Å²) in [5, 5.41) is 0. The van der Waals surface area contributed by atoms with Crippen LogP contribution in [0, 0.1) is 6.92 Å². The van der Waals surface area contributed by atoms with Crippen molar-refractivity contribution in [2.24, 2.45) is 0 Å². The number of ether oxygens (including phenoxy) is 2. The number of carbonyl (C=O) groups excluding carboxylic acids is 1. The molecule has 0 atom stereocenters. The summed E-state index contributed by atoms with van der Waals surface area (Å²) < 4.78 is 10.2. The van der Waals surface area contributed by atoms with E-state index >= 15 is 0 Å². The third-order valence-electron chi connectivity index (χ3n) is 2.97. The smallest absolute Gasteiger partial charge is 0.338 e. The molecule has 0 fully saturated rings. The van der Waals surface area contributed by atoms with Gasteiger partial charge in [-0.15, -0.1) is 0 Å². The highest BCUT2D eigenvalue weighted by Crippen LogP contribution is 2.31. The highest BCUT2D eigenvalue weighted by Gasteiger charge is 2.09. The van der Waals surface area contributed by atoms with Gasteiger partial charge in [-0.2, -0.15) is 0 Å². The molecule has 0 heterocycles. The van der Waals surface area contributed by atoms with Crippen LogP contribution < -0.4 is 4.74 Å². The van der Waals surface area contributed by atoms with Gasteiger partial charge >= 0.3 is 5.97 Å². The van der Waals surface area contributed by atoms with E-state index in [-0.39, 0.29) is 5.97 Å². The lowest BCUT2D eigenvalue weighted by Crippen LogP contribution is -2.04. The number of carbonyl (C=O) groups is 1. The third-order valence-corrected chi connectivity index (χ3v) is 4.16. The van der Waals surface area contributed by atoms with Gasteiger partial charge in [0.15, 0.2) is 0 Å². The fourth-order valence-electron chi connectivity index (χ4n) is 1.88. The lowest BCUT2D eigenvalue weighted by Gasteiger charge is -2.08. The van der Waals surface area contributed by atoms with Crippen LogP contribution in [-0.2, 0) is 4.74 Å². The van der Waals surface area contributed by atoms with Crippen LogP contribution in [-0.4, -0.2) is 19.7 Å². The van der Waals surface area contributed by atoms with Gasteiger partial charge in [-0.05, 0) is 61.9 Å². The first-order valence-electron chi connectivity index (χ1n) is 6.73. The fraction of sp³-hybridized carbons (Fsp3) is 0.235. The van der Waals surface area contributed by atoms with Crippen molar-refractivity contribution in [3.8, 4) is 5.75 Å². The van der Waals surface area contributed by atoms with Crippen molar-refractivity contribution in [1.29, 1.82) is 0 Å². The Bertz CT molecular complexity index is 620. The Morgan fingerprint density at radius 2 is 1.86 bits per heavy atom. The van der Waals surface area contributed by atoms with E-state index in [1.54, 1.807) is 31.9 Å². The first kappa shape index (κ1) is 15.4. The molecule has 0 saturated heterocycles. The van der Waals surface area contributed by atoms with Gasteiger partial charge in [-0.1, -0.05) is 11.8 Å². The maximum atomic E-state index is 11.7. The van der Waals surface area contributed by atoms with Gasteiger partial charge in [-0.3, -0.25) is 0 Å². The summed E-state index contributed by atoms with van der Waals surface area (Å²) in [6.07, 6.45) is 0.